The zero-order valence-corrected chi connectivity index (χ0v) is 28.5. The van der Waals surface area contributed by atoms with Gasteiger partial charge in [0.25, 0.3) is 0 Å². The van der Waals surface area contributed by atoms with Gasteiger partial charge in [0.2, 0.25) is 0 Å². The number of anilines is 1. The molecule has 0 radical (unpaired) electrons. The molecule has 1 aromatic heterocycles. The Labute approximate surface area is 273 Å². The highest BCUT2D eigenvalue weighted by Gasteiger charge is 2.52. The number of amides is 2. The first-order valence-corrected chi connectivity index (χ1v) is 15.1. The van der Waals surface area contributed by atoms with Crippen LogP contribution in [-0.4, -0.2) is 59.3 Å². The summed E-state index contributed by atoms with van der Waals surface area (Å²) in [6.07, 6.45) is -6.24. The molecule has 1 fully saturated rings. The van der Waals surface area contributed by atoms with Crippen LogP contribution in [0, 0.1) is 0 Å². The van der Waals surface area contributed by atoms with Crippen LogP contribution in [0.25, 0.3) is 0 Å². The summed E-state index contributed by atoms with van der Waals surface area (Å²) < 4.78 is 69.4. The summed E-state index contributed by atoms with van der Waals surface area (Å²) in [6.45, 7) is 17.3. The van der Waals surface area contributed by atoms with E-state index in [9.17, 15) is 22.8 Å². The van der Waals surface area contributed by atoms with Crippen molar-refractivity contribution in [2.24, 2.45) is 0 Å². The quantitative estimate of drug-likeness (QED) is 0.230. The maximum Gasteiger partial charge on any atom is 0.498 e. The van der Waals surface area contributed by atoms with E-state index in [0.29, 0.717) is 11.0 Å². The van der Waals surface area contributed by atoms with Crippen molar-refractivity contribution in [1.29, 1.82) is 0 Å². The van der Waals surface area contributed by atoms with E-state index in [2.05, 4.69) is 15.6 Å². The summed E-state index contributed by atoms with van der Waals surface area (Å²) in [5.41, 5.74) is -3.32. The molecule has 2 aromatic rings. The van der Waals surface area contributed by atoms with Crippen molar-refractivity contribution in [2.45, 2.75) is 110 Å². The van der Waals surface area contributed by atoms with Gasteiger partial charge in [-0.05, 0) is 93.4 Å². The maximum absolute atomic E-state index is 13.4. The minimum atomic E-state index is -4.55. The normalized spacial score (nSPS) is 16.9. The van der Waals surface area contributed by atoms with Crippen LogP contribution in [0.5, 0.6) is 5.75 Å². The Bertz CT molecular complexity index is 1410. The lowest BCUT2D eigenvalue weighted by Crippen LogP contribution is -2.43. The average molecular weight is 672 g/mol. The molecule has 1 saturated heterocycles. The monoisotopic (exact) mass is 671 g/mol. The van der Waals surface area contributed by atoms with E-state index in [4.69, 9.17) is 35.1 Å². The van der Waals surface area contributed by atoms with Crippen LogP contribution >= 0.6 is 11.6 Å². The van der Waals surface area contributed by atoms with Crippen molar-refractivity contribution in [3.63, 3.8) is 0 Å². The number of carbonyl (C=O) groups is 2. The Morgan fingerprint density at radius 3 is 2.07 bits per heavy atom. The molecule has 1 atom stereocenters. The minimum absolute atomic E-state index is 0.0139. The maximum atomic E-state index is 13.4. The number of ether oxygens (including phenoxy) is 3. The van der Waals surface area contributed by atoms with E-state index in [0.717, 1.165) is 12.1 Å². The summed E-state index contributed by atoms with van der Waals surface area (Å²) in [5, 5.41) is 5.16. The van der Waals surface area contributed by atoms with E-state index in [1.165, 1.54) is 18.2 Å². The van der Waals surface area contributed by atoms with Crippen molar-refractivity contribution in [1.82, 2.24) is 10.3 Å². The Morgan fingerprint density at radius 1 is 0.957 bits per heavy atom. The Hall–Kier alpha value is -3.23. The molecule has 2 amide bonds. The number of benzene rings is 1. The van der Waals surface area contributed by atoms with E-state index < -0.39 is 59.5 Å². The predicted molar refractivity (Wildman–Crippen MR) is 169 cm³/mol. The molecule has 2 heterocycles. The van der Waals surface area contributed by atoms with Crippen LogP contribution in [0.3, 0.4) is 0 Å². The second kappa shape index (κ2) is 13.5. The van der Waals surface area contributed by atoms with Gasteiger partial charge in [0, 0.05) is 5.46 Å². The molecule has 2 N–H and O–H groups in total. The van der Waals surface area contributed by atoms with Gasteiger partial charge in [0.15, 0.2) is 11.6 Å². The molecule has 0 bridgehead atoms. The molecule has 1 aliphatic rings. The van der Waals surface area contributed by atoms with E-state index >= 15 is 0 Å². The third-order valence-electron chi connectivity index (χ3n) is 6.99. The largest absolute Gasteiger partial charge is 0.498 e. The van der Waals surface area contributed by atoms with Crippen LogP contribution in [0.2, 0.25) is 5.15 Å². The molecule has 3 rings (SSSR count). The number of nitrogens with one attached hydrogen (secondary N) is 2. The molecule has 0 saturated carbocycles. The fourth-order valence-corrected chi connectivity index (χ4v) is 4.43. The lowest BCUT2D eigenvalue weighted by atomic mass is 9.80. The Balaban J connectivity index is 1.98. The number of nitrogens with zero attached hydrogens (tertiary/aromatic N) is 1. The smallest absolute Gasteiger partial charge is 0.488 e. The Kier molecular flexibility index (Phi) is 10.9. The molecule has 46 heavy (non-hydrogen) atoms. The average Bonchev–Trinajstić information content (AvgIpc) is 3.06. The number of hydrogen-bond acceptors (Lipinski definition) is 8. The summed E-state index contributed by atoms with van der Waals surface area (Å²) in [5.74, 6) is -0.0883. The van der Waals surface area contributed by atoms with E-state index in [1.807, 2.05) is 27.7 Å². The van der Waals surface area contributed by atoms with Crippen LogP contribution in [0.15, 0.2) is 30.3 Å². The SMILES string of the molecule is CC(C)(C)OC(=O)Nc1nc(Cl)c(B2OC(C)(C)C(C)(C)O2)cc1OC[C@H](Cc1cccc(C(F)(F)F)c1)NC(=O)OC(C)(C)C. The second-order valence-electron chi connectivity index (χ2n) is 14.0. The molecular formula is C31H42BClF3N3O7. The number of carbonyl (C=O) groups excluding carboxylic acids is 2. The number of aromatic nitrogens is 1. The molecule has 1 aromatic carbocycles. The topological polar surface area (TPSA) is 117 Å². The summed E-state index contributed by atoms with van der Waals surface area (Å²) in [7, 11) is -0.941. The third kappa shape index (κ3) is 10.4. The highest BCUT2D eigenvalue weighted by Crippen LogP contribution is 2.38. The van der Waals surface area contributed by atoms with Gasteiger partial charge in [0.05, 0.1) is 22.8 Å². The van der Waals surface area contributed by atoms with Gasteiger partial charge in [-0.3, -0.25) is 5.32 Å². The van der Waals surface area contributed by atoms with Crippen LogP contribution in [0.4, 0.5) is 28.6 Å². The first-order chi connectivity index (χ1) is 20.8. The predicted octanol–water partition coefficient (Wildman–Crippen LogP) is 6.91. The number of rotatable bonds is 8. The van der Waals surface area contributed by atoms with Crippen LogP contribution in [0.1, 0.15) is 80.4 Å². The highest BCUT2D eigenvalue weighted by molar-refractivity contribution is 6.65. The fourth-order valence-electron chi connectivity index (χ4n) is 4.20. The van der Waals surface area contributed by atoms with Gasteiger partial charge in [-0.15, -0.1) is 0 Å². The first kappa shape index (κ1) is 37.2. The molecule has 254 valence electrons. The van der Waals surface area contributed by atoms with Crippen molar-refractivity contribution >= 4 is 42.2 Å². The molecule has 10 nitrogen and oxygen atoms in total. The molecule has 0 aliphatic carbocycles. The number of alkyl halides is 3. The van der Waals surface area contributed by atoms with Crippen LogP contribution < -0.4 is 20.8 Å². The van der Waals surface area contributed by atoms with Gasteiger partial charge >= 0.3 is 25.5 Å². The van der Waals surface area contributed by atoms with Crippen molar-refractivity contribution < 1.29 is 46.3 Å². The highest BCUT2D eigenvalue weighted by atomic mass is 35.5. The Morgan fingerprint density at radius 2 is 1.52 bits per heavy atom. The van der Waals surface area contributed by atoms with Gasteiger partial charge in [0.1, 0.15) is 23.0 Å². The van der Waals surface area contributed by atoms with E-state index in [-0.39, 0.29) is 29.7 Å². The lowest BCUT2D eigenvalue weighted by molar-refractivity contribution is -0.137. The second-order valence-corrected chi connectivity index (χ2v) is 14.3. The molecule has 0 spiro atoms. The van der Waals surface area contributed by atoms with E-state index in [1.54, 1.807) is 41.5 Å². The van der Waals surface area contributed by atoms with Crippen molar-refractivity contribution in [3.05, 3.63) is 46.6 Å². The van der Waals surface area contributed by atoms with Crippen LogP contribution in [-0.2, 0) is 31.4 Å². The van der Waals surface area contributed by atoms with Gasteiger partial charge in [-0.25, -0.2) is 14.6 Å². The number of alkyl carbamates (subject to hydrolysis) is 1. The standard InChI is InChI=1S/C31H42BClF3N3O7/c1-27(2,3)43-25(40)37-20(15-18-12-11-13-19(14-18)31(34,35)36)17-42-22-16-21(32-45-29(7,8)30(9,10)46-32)23(33)38-24(22)39-26(41)44-28(4,5)6/h11-14,16,20H,15,17H2,1-10H3,(H,37,40)(H,38,39,41)/t20-/m0/s1. The number of hydrogen-bond donors (Lipinski definition) is 2. The van der Waals surface area contributed by atoms with Crippen molar-refractivity contribution in [3.8, 4) is 5.75 Å². The van der Waals surface area contributed by atoms with Gasteiger partial charge in [-0.2, -0.15) is 13.2 Å². The summed E-state index contributed by atoms with van der Waals surface area (Å²) in [6, 6.07) is 5.35. The molecular weight excluding hydrogens is 630 g/mol. The zero-order chi connectivity index (χ0) is 34.9. The fraction of sp³-hybridized carbons (Fsp3) is 0.581. The molecule has 15 heteroatoms. The number of pyridine rings is 1. The molecule has 0 unspecified atom stereocenters. The zero-order valence-electron chi connectivity index (χ0n) is 27.8. The minimum Gasteiger partial charge on any atom is -0.488 e. The summed E-state index contributed by atoms with van der Waals surface area (Å²) in [4.78, 5) is 29.7. The van der Waals surface area contributed by atoms with Gasteiger partial charge in [-0.1, -0.05) is 29.8 Å². The van der Waals surface area contributed by atoms with Gasteiger partial charge < -0.3 is 28.8 Å². The lowest BCUT2D eigenvalue weighted by Gasteiger charge is -2.32. The third-order valence-corrected chi connectivity index (χ3v) is 7.29. The molecule has 1 aliphatic heterocycles. The summed E-state index contributed by atoms with van der Waals surface area (Å²) >= 11 is 6.55. The number of halogens is 4. The first-order valence-electron chi connectivity index (χ1n) is 14.7. The van der Waals surface area contributed by atoms with Crippen molar-refractivity contribution in [2.75, 3.05) is 11.9 Å².